The molecular weight excluding hydrogens is 176 g/mol. The van der Waals surface area contributed by atoms with Gasteiger partial charge < -0.3 is 4.57 Å². The molecule has 3 heteroatoms. The Hall–Kier alpha value is -1.64. The molecule has 3 nitrogen and oxygen atoms in total. The summed E-state index contributed by atoms with van der Waals surface area (Å²) in [6.07, 6.45) is 1.38. The summed E-state index contributed by atoms with van der Waals surface area (Å²) >= 11 is 0. The molecule has 0 atom stereocenters. The Morgan fingerprint density at radius 3 is 2.93 bits per heavy atom. The molecule has 0 radical (unpaired) electrons. The van der Waals surface area contributed by atoms with Crippen molar-refractivity contribution in [2.75, 3.05) is 0 Å². The molecule has 0 bridgehead atoms. The molecule has 1 aromatic carbocycles. The average molecular weight is 188 g/mol. The number of fused-ring (bicyclic) bond motifs is 1. The van der Waals surface area contributed by atoms with E-state index in [9.17, 15) is 4.79 Å². The molecule has 0 amide bonds. The van der Waals surface area contributed by atoms with Crippen LogP contribution >= 0.6 is 0 Å². The van der Waals surface area contributed by atoms with Crippen LogP contribution in [0.4, 0.5) is 0 Å². The molecule has 14 heavy (non-hydrogen) atoms. The van der Waals surface area contributed by atoms with Crippen molar-refractivity contribution >= 4 is 11.0 Å². The normalized spacial score (nSPS) is 10.7. The average Bonchev–Trinajstić information content (AvgIpc) is 2.17. The zero-order valence-electron chi connectivity index (χ0n) is 8.32. The van der Waals surface area contributed by atoms with E-state index >= 15 is 0 Å². The number of hydrogen-bond donors (Lipinski definition) is 0. The molecule has 0 aliphatic rings. The maximum absolute atomic E-state index is 11.5. The second-order valence-corrected chi connectivity index (χ2v) is 3.33. The van der Waals surface area contributed by atoms with Gasteiger partial charge in [0.25, 0.3) is 5.56 Å². The number of rotatable bonds is 1. The van der Waals surface area contributed by atoms with Crippen molar-refractivity contribution < 1.29 is 0 Å². The summed E-state index contributed by atoms with van der Waals surface area (Å²) in [5.74, 6) is 0. The summed E-state index contributed by atoms with van der Waals surface area (Å²) in [6.45, 7) is 4.65. The Morgan fingerprint density at radius 2 is 2.21 bits per heavy atom. The number of benzene rings is 1. The standard InChI is InChI=1S/C11H12N2O/c1-3-13-10-6-8(2)4-5-9(10)12-7-11(13)14/h4-7H,3H2,1-2H3. The molecule has 0 fully saturated rings. The molecule has 0 saturated heterocycles. The summed E-state index contributed by atoms with van der Waals surface area (Å²) in [5, 5.41) is 0. The predicted octanol–water partition coefficient (Wildman–Crippen LogP) is 1.72. The lowest BCUT2D eigenvalue weighted by Crippen LogP contribution is -2.19. The monoisotopic (exact) mass is 188 g/mol. The van der Waals surface area contributed by atoms with Crippen molar-refractivity contribution in [1.29, 1.82) is 0 Å². The van der Waals surface area contributed by atoms with E-state index < -0.39 is 0 Å². The largest absolute Gasteiger partial charge is 0.306 e. The first-order valence-electron chi connectivity index (χ1n) is 4.68. The lowest BCUT2D eigenvalue weighted by molar-refractivity contribution is 0.753. The molecule has 0 aliphatic heterocycles. The molecule has 1 heterocycles. The Bertz CT molecular complexity index is 528. The van der Waals surface area contributed by atoms with Crippen molar-refractivity contribution in [1.82, 2.24) is 9.55 Å². The van der Waals surface area contributed by atoms with Crippen LogP contribution in [-0.2, 0) is 6.54 Å². The van der Waals surface area contributed by atoms with Crippen LogP contribution in [0.25, 0.3) is 11.0 Å². The van der Waals surface area contributed by atoms with Crippen LogP contribution in [0.3, 0.4) is 0 Å². The number of aryl methyl sites for hydroxylation is 2. The highest BCUT2D eigenvalue weighted by atomic mass is 16.1. The fourth-order valence-corrected chi connectivity index (χ4v) is 1.60. The van der Waals surface area contributed by atoms with Gasteiger partial charge in [-0.3, -0.25) is 4.79 Å². The van der Waals surface area contributed by atoms with Crippen LogP contribution in [0.5, 0.6) is 0 Å². The van der Waals surface area contributed by atoms with Gasteiger partial charge in [0, 0.05) is 6.54 Å². The summed E-state index contributed by atoms with van der Waals surface area (Å²) in [4.78, 5) is 15.6. The predicted molar refractivity (Wildman–Crippen MR) is 56.4 cm³/mol. The highest BCUT2D eigenvalue weighted by Crippen LogP contribution is 2.11. The van der Waals surface area contributed by atoms with Gasteiger partial charge in [-0.1, -0.05) is 6.07 Å². The van der Waals surface area contributed by atoms with Crippen molar-refractivity contribution in [2.24, 2.45) is 0 Å². The van der Waals surface area contributed by atoms with E-state index in [1.807, 2.05) is 32.0 Å². The van der Waals surface area contributed by atoms with Gasteiger partial charge in [-0.2, -0.15) is 0 Å². The molecule has 0 spiro atoms. The smallest absolute Gasteiger partial charge is 0.269 e. The first-order chi connectivity index (χ1) is 6.72. The minimum atomic E-state index is -0.0365. The van der Waals surface area contributed by atoms with Crippen LogP contribution in [0.15, 0.2) is 29.2 Å². The van der Waals surface area contributed by atoms with Crippen LogP contribution < -0.4 is 5.56 Å². The summed E-state index contributed by atoms with van der Waals surface area (Å²) in [7, 11) is 0. The lowest BCUT2D eigenvalue weighted by atomic mass is 10.2. The number of aromatic nitrogens is 2. The van der Waals surface area contributed by atoms with Crippen molar-refractivity contribution in [3.8, 4) is 0 Å². The fourth-order valence-electron chi connectivity index (χ4n) is 1.60. The molecule has 0 unspecified atom stereocenters. The third-order valence-electron chi connectivity index (χ3n) is 2.32. The molecule has 2 rings (SSSR count). The van der Waals surface area contributed by atoms with Gasteiger partial charge in [0.15, 0.2) is 0 Å². The molecule has 0 saturated carbocycles. The molecule has 1 aromatic heterocycles. The molecular formula is C11H12N2O. The summed E-state index contributed by atoms with van der Waals surface area (Å²) in [5.41, 5.74) is 2.90. The lowest BCUT2D eigenvalue weighted by Gasteiger charge is -2.06. The van der Waals surface area contributed by atoms with E-state index in [0.717, 1.165) is 16.6 Å². The quantitative estimate of drug-likeness (QED) is 0.683. The zero-order chi connectivity index (χ0) is 10.1. The molecule has 0 N–H and O–H groups in total. The van der Waals surface area contributed by atoms with E-state index in [-0.39, 0.29) is 5.56 Å². The van der Waals surface area contributed by atoms with Gasteiger partial charge in [0.05, 0.1) is 17.2 Å². The zero-order valence-corrected chi connectivity index (χ0v) is 8.32. The Labute approximate surface area is 82.0 Å². The topological polar surface area (TPSA) is 34.9 Å². The maximum atomic E-state index is 11.5. The van der Waals surface area contributed by atoms with Gasteiger partial charge in [0.1, 0.15) is 0 Å². The number of hydrogen-bond acceptors (Lipinski definition) is 2. The number of nitrogens with zero attached hydrogens (tertiary/aromatic N) is 2. The minimum absolute atomic E-state index is 0.0365. The minimum Gasteiger partial charge on any atom is -0.306 e. The van der Waals surface area contributed by atoms with Crippen molar-refractivity contribution in [2.45, 2.75) is 20.4 Å². The third-order valence-corrected chi connectivity index (χ3v) is 2.32. The van der Waals surface area contributed by atoms with E-state index in [1.165, 1.54) is 6.20 Å². The Kier molecular flexibility index (Phi) is 2.08. The van der Waals surface area contributed by atoms with Crippen LogP contribution in [0.1, 0.15) is 12.5 Å². The fraction of sp³-hybridized carbons (Fsp3) is 0.273. The second-order valence-electron chi connectivity index (χ2n) is 3.33. The maximum Gasteiger partial charge on any atom is 0.269 e. The van der Waals surface area contributed by atoms with Crippen LogP contribution in [0.2, 0.25) is 0 Å². The first-order valence-corrected chi connectivity index (χ1v) is 4.68. The third kappa shape index (κ3) is 1.31. The van der Waals surface area contributed by atoms with E-state index in [1.54, 1.807) is 4.57 Å². The van der Waals surface area contributed by atoms with Gasteiger partial charge in [-0.15, -0.1) is 0 Å². The molecule has 2 aromatic rings. The van der Waals surface area contributed by atoms with Gasteiger partial charge in [-0.25, -0.2) is 4.98 Å². The highest BCUT2D eigenvalue weighted by molar-refractivity contribution is 5.75. The summed E-state index contributed by atoms with van der Waals surface area (Å²) in [6, 6.07) is 5.93. The second kappa shape index (κ2) is 3.25. The molecule has 0 aliphatic carbocycles. The van der Waals surface area contributed by atoms with Crippen molar-refractivity contribution in [3.63, 3.8) is 0 Å². The van der Waals surface area contributed by atoms with E-state index in [2.05, 4.69) is 4.98 Å². The molecule has 72 valence electrons. The van der Waals surface area contributed by atoms with Gasteiger partial charge in [-0.05, 0) is 31.5 Å². The Morgan fingerprint density at radius 1 is 1.43 bits per heavy atom. The van der Waals surface area contributed by atoms with E-state index in [4.69, 9.17) is 0 Å². The van der Waals surface area contributed by atoms with Gasteiger partial charge >= 0.3 is 0 Å². The van der Waals surface area contributed by atoms with Gasteiger partial charge in [0.2, 0.25) is 0 Å². The van der Waals surface area contributed by atoms with Crippen LogP contribution in [0, 0.1) is 6.92 Å². The SMILES string of the molecule is CCn1c(=O)cnc2ccc(C)cc21. The highest BCUT2D eigenvalue weighted by Gasteiger charge is 2.01. The van der Waals surface area contributed by atoms with Crippen LogP contribution in [-0.4, -0.2) is 9.55 Å². The van der Waals surface area contributed by atoms with Crippen molar-refractivity contribution in [3.05, 3.63) is 40.3 Å². The first kappa shape index (κ1) is 8.94. The van der Waals surface area contributed by atoms with E-state index in [0.29, 0.717) is 6.54 Å². The summed E-state index contributed by atoms with van der Waals surface area (Å²) < 4.78 is 1.73. The Balaban J connectivity index is 2.91.